The Kier molecular flexibility index (Phi) is 16.7. The first-order valence-electron chi connectivity index (χ1n) is 17.3. The van der Waals surface area contributed by atoms with Crippen LogP contribution < -0.4 is 14.9 Å². The van der Waals surface area contributed by atoms with Crippen LogP contribution in [0.1, 0.15) is 70.6 Å². The molecule has 2 aromatic heterocycles. The van der Waals surface area contributed by atoms with Crippen LogP contribution in [0.4, 0.5) is 10.6 Å². The summed E-state index contributed by atoms with van der Waals surface area (Å²) in [6.07, 6.45) is 11.1. The van der Waals surface area contributed by atoms with Crippen LogP contribution in [0.3, 0.4) is 0 Å². The molecule has 0 spiro atoms. The Hall–Kier alpha value is -1.80. The number of amides is 1. The van der Waals surface area contributed by atoms with Crippen molar-refractivity contribution in [2.75, 3.05) is 44.2 Å². The van der Waals surface area contributed by atoms with Crippen molar-refractivity contribution in [2.24, 2.45) is 11.8 Å². The number of carboxylic acids is 1. The van der Waals surface area contributed by atoms with Crippen molar-refractivity contribution in [3.63, 3.8) is 0 Å². The number of anilines is 1. The number of carbonyl (C=O) groups is 2. The SMILES string of the molecule is C=CCOC(=O)NCCCCC(NS(=O)(=O)c1cnc(N2CCC(CCCCC3CCN(S(=O)(=O)c4cc(Br)c(Cl)s4)CC3)CC2)c(Br)c1)C(=O)O. The Morgan fingerprint density at radius 2 is 1.65 bits per heavy atom. The summed E-state index contributed by atoms with van der Waals surface area (Å²) in [5, 5.41) is 12.2. The number of unbranched alkanes of at least 4 members (excludes halogenated alkanes) is 2. The molecule has 1 atom stereocenters. The molecule has 0 bridgehead atoms. The fraction of sp³-hybridized carbons (Fsp3) is 0.606. The van der Waals surface area contributed by atoms with Gasteiger partial charge in [-0.15, -0.1) is 11.3 Å². The number of thiophene rings is 1. The predicted molar refractivity (Wildman–Crippen MR) is 209 cm³/mol. The van der Waals surface area contributed by atoms with E-state index in [9.17, 15) is 31.5 Å². The highest BCUT2D eigenvalue weighted by molar-refractivity contribution is 9.11. The number of nitrogens with zero attached hydrogens (tertiary/aromatic N) is 3. The number of alkyl carbamates (subject to hydrolysis) is 1. The quantitative estimate of drug-likeness (QED) is 0.0982. The zero-order valence-electron chi connectivity index (χ0n) is 28.8. The van der Waals surface area contributed by atoms with Crippen molar-refractivity contribution < 1.29 is 36.3 Å². The summed E-state index contributed by atoms with van der Waals surface area (Å²) in [7, 11) is -7.68. The number of carbonyl (C=O) groups excluding carboxylic acids is 1. The molecule has 0 radical (unpaired) electrons. The number of sulfonamides is 2. The highest BCUT2D eigenvalue weighted by Crippen LogP contribution is 2.37. The van der Waals surface area contributed by atoms with Crippen molar-refractivity contribution in [1.82, 2.24) is 19.3 Å². The van der Waals surface area contributed by atoms with E-state index in [0.717, 1.165) is 75.8 Å². The molecule has 52 heavy (non-hydrogen) atoms. The molecule has 2 aliphatic rings. The third-order valence-corrected chi connectivity index (χ3v) is 16.2. The number of aliphatic carboxylic acids is 1. The summed E-state index contributed by atoms with van der Waals surface area (Å²) in [6, 6.07) is 1.69. The number of rotatable bonds is 19. The van der Waals surface area contributed by atoms with Crippen LogP contribution in [0.2, 0.25) is 4.34 Å². The van der Waals surface area contributed by atoms with Crippen LogP contribution in [-0.4, -0.2) is 88.7 Å². The molecule has 2 aliphatic heterocycles. The second-order valence-corrected chi connectivity index (χ2v) is 20.3. The smallest absolute Gasteiger partial charge is 0.407 e. The first-order chi connectivity index (χ1) is 24.7. The van der Waals surface area contributed by atoms with E-state index in [1.807, 2.05) is 0 Å². The lowest BCUT2D eigenvalue weighted by Gasteiger charge is -2.33. The lowest BCUT2D eigenvalue weighted by Crippen LogP contribution is -2.41. The first-order valence-corrected chi connectivity index (χ1v) is 23.0. The Labute approximate surface area is 332 Å². The van der Waals surface area contributed by atoms with E-state index in [2.05, 4.69) is 58.4 Å². The fourth-order valence-electron chi connectivity index (χ4n) is 6.45. The molecule has 0 aromatic carbocycles. The molecular formula is C33H46Br2ClN5O8S3. The predicted octanol–water partition coefficient (Wildman–Crippen LogP) is 7.01. The molecule has 4 heterocycles. The van der Waals surface area contributed by atoms with Gasteiger partial charge in [-0.3, -0.25) is 4.79 Å². The fourth-order valence-corrected chi connectivity index (χ4v) is 12.3. The lowest BCUT2D eigenvalue weighted by molar-refractivity contribution is -0.139. The zero-order chi connectivity index (χ0) is 37.9. The van der Waals surface area contributed by atoms with Crippen molar-refractivity contribution in [1.29, 1.82) is 0 Å². The van der Waals surface area contributed by atoms with Gasteiger partial charge in [0.1, 0.15) is 31.9 Å². The number of ether oxygens (including phenoxy) is 1. The van der Waals surface area contributed by atoms with Crippen LogP contribution >= 0.6 is 54.8 Å². The Morgan fingerprint density at radius 3 is 2.21 bits per heavy atom. The summed E-state index contributed by atoms with van der Waals surface area (Å²) < 4.78 is 62.7. The molecule has 13 nitrogen and oxygen atoms in total. The molecular weight excluding hydrogens is 886 g/mol. The number of aromatic nitrogens is 1. The second-order valence-electron chi connectivity index (χ2n) is 13.0. The standard InChI is InChI=1S/C33H46Br2ClN5O8S3/c1-2-19-49-33(44)37-14-6-5-9-28(32(42)43)39-51(45,46)25-20-27(35)31(38-22-25)40-15-10-23(11-16-40)7-3-4-8-24-12-17-41(18-13-24)52(47,48)29-21-26(34)30(36)50-29/h2,20-24,28,39H,1,3-19H2,(H,37,44)(H,42,43). The van der Waals surface area contributed by atoms with Gasteiger partial charge in [-0.2, -0.15) is 9.03 Å². The molecule has 0 saturated carbocycles. The molecule has 4 rings (SSSR count). The molecule has 2 saturated heterocycles. The van der Waals surface area contributed by atoms with Gasteiger partial charge in [0.05, 0.1) is 4.47 Å². The zero-order valence-corrected chi connectivity index (χ0v) is 35.2. The Morgan fingerprint density at radius 1 is 1.02 bits per heavy atom. The summed E-state index contributed by atoms with van der Waals surface area (Å²) in [6.45, 7) is 6.45. The van der Waals surface area contributed by atoms with Gasteiger partial charge >= 0.3 is 12.1 Å². The third kappa shape index (κ3) is 12.4. The number of carboxylic acid groups (broad SMARTS) is 1. The van der Waals surface area contributed by atoms with Crippen molar-refractivity contribution in [3.8, 4) is 0 Å². The summed E-state index contributed by atoms with van der Waals surface area (Å²) in [4.78, 5) is 29.7. The number of hydrogen-bond donors (Lipinski definition) is 3. The van der Waals surface area contributed by atoms with E-state index in [4.69, 9.17) is 16.3 Å². The van der Waals surface area contributed by atoms with Gasteiger partial charge in [0, 0.05) is 43.4 Å². The molecule has 1 unspecified atom stereocenters. The Balaban J connectivity index is 1.15. The van der Waals surface area contributed by atoms with E-state index >= 15 is 0 Å². The van der Waals surface area contributed by atoms with Gasteiger partial charge in [-0.05, 0) is 101 Å². The van der Waals surface area contributed by atoms with Crippen molar-refractivity contribution in [3.05, 3.63) is 44.3 Å². The summed E-state index contributed by atoms with van der Waals surface area (Å²) in [5.41, 5.74) is 0. The summed E-state index contributed by atoms with van der Waals surface area (Å²) in [5.74, 6) is 0.477. The third-order valence-electron chi connectivity index (χ3n) is 9.40. The van der Waals surface area contributed by atoms with Gasteiger partial charge < -0.3 is 20.1 Å². The van der Waals surface area contributed by atoms with Crippen LogP contribution in [0, 0.1) is 11.8 Å². The van der Waals surface area contributed by atoms with Crippen LogP contribution in [0.5, 0.6) is 0 Å². The number of pyridine rings is 1. The van der Waals surface area contributed by atoms with Crippen LogP contribution in [0.15, 0.2) is 49.0 Å². The number of piperidine rings is 2. The van der Waals surface area contributed by atoms with E-state index in [1.165, 1.54) is 18.3 Å². The Bertz CT molecular complexity index is 1730. The maximum Gasteiger partial charge on any atom is 0.407 e. The number of halogens is 3. The largest absolute Gasteiger partial charge is 0.480 e. The highest BCUT2D eigenvalue weighted by atomic mass is 79.9. The average molecular weight is 932 g/mol. The first kappa shape index (κ1) is 42.9. The van der Waals surface area contributed by atoms with Gasteiger partial charge in [0.15, 0.2) is 0 Å². The van der Waals surface area contributed by atoms with E-state index < -0.39 is 38.2 Å². The normalized spacial score (nSPS) is 17.2. The molecule has 1 amide bonds. The van der Waals surface area contributed by atoms with E-state index in [-0.39, 0.29) is 28.7 Å². The van der Waals surface area contributed by atoms with Crippen molar-refractivity contribution >= 4 is 92.7 Å². The van der Waals surface area contributed by atoms with Gasteiger partial charge in [0.25, 0.3) is 10.0 Å². The van der Waals surface area contributed by atoms with E-state index in [0.29, 0.717) is 56.9 Å². The molecule has 19 heteroatoms. The molecule has 3 N–H and O–H groups in total. The average Bonchev–Trinajstić information content (AvgIpc) is 3.47. The lowest BCUT2D eigenvalue weighted by atomic mass is 9.88. The minimum atomic E-state index is -4.17. The highest BCUT2D eigenvalue weighted by Gasteiger charge is 2.32. The number of hydrogen-bond acceptors (Lipinski definition) is 10. The minimum absolute atomic E-state index is 0.0383. The maximum atomic E-state index is 13.1. The van der Waals surface area contributed by atoms with Gasteiger partial charge in [-0.1, -0.05) is 49.9 Å². The van der Waals surface area contributed by atoms with Crippen LogP contribution in [-0.2, 0) is 29.6 Å². The number of nitrogens with one attached hydrogen (secondary N) is 2. The monoisotopic (exact) mass is 929 g/mol. The minimum Gasteiger partial charge on any atom is -0.480 e. The van der Waals surface area contributed by atoms with Gasteiger partial charge in [-0.25, -0.2) is 26.6 Å². The molecule has 2 fully saturated rings. The van der Waals surface area contributed by atoms with E-state index in [1.54, 1.807) is 10.4 Å². The van der Waals surface area contributed by atoms with Crippen LogP contribution in [0.25, 0.3) is 0 Å². The molecule has 2 aromatic rings. The second kappa shape index (κ2) is 20.2. The summed E-state index contributed by atoms with van der Waals surface area (Å²) >= 11 is 13.9. The topological polar surface area (TPSA) is 175 Å². The molecule has 290 valence electrons. The molecule has 0 aliphatic carbocycles. The van der Waals surface area contributed by atoms with Gasteiger partial charge in [0.2, 0.25) is 10.0 Å². The maximum absolute atomic E-state index is 13.1. The van der Waals surface area contributed by atoms with Crippen molar-refractivity contribution in [2.45, 2.75) is 85.8 Å².